The summed E-state index contributed by atoms with van der Waals surface area (Å²) in [6.45, 7) is 4.74. The standard InChI is InChI=1S/C9H15N/c1-7-2-3-8-4-9(7)6-10-5-8/h2,8-10H,3-6H2,1H3/t8-,9+/m0/s1. The van der Waals surface area contributed by atoms with Gasteiger partial charge in [-0.3, -0.25) is 0 Å². The maximum absolute atomic E-state index is 3.48. The summed E-state index contributed by atoms with van der Waals surface area (Å²) in [5, 5.41) is 3.48. The van der Waals surface area contributed by atoms with Crippen LogP contribution in [0.15, 0.2) is 11.6 Å². The smallest absolute Gasteiger partial charge is 0.00170 e. The van der Waals surface area contributed by atoms with Gasteiger partial charge in [-0.25, -0.2) is 0 Å². The van der Waals surface area contributed by atoms with Gasteiger partial charge < -0.3 is 5.32 Å². The van der Waals surface area contributed by atoms with Crippen LogP contribution in [0.1, 0.15) is 19.8 Å². The second kappa shape index (κ2) is 2.39. The van der Waals surface area contributed by atoms with Crippen LogP contribution >= 0.6 is 0 Å². The molecule has 2 rings (SSSR count). The number of piperidine rings is 1. The summed E-state index contributed by atoms with van der Waals surface area (Å²) in [4.78, 5) is 0. The number of hydrogen-bond donors (Lipinski definition) is 1. The monoisotopic (exact) mass is 137 g/mol. The zero-order valence-electron chi connectivity index (χ0n) is 6.56. The Hall–Kier alpha value is -0.300. The van der Waals surface area contributed by atoms with Crippen molar-refractivity contribution in [2.24, 2.45) is 11.8 Å². The maximum atomic E-state index is 3.48. The van der Waals surface area contributed by atoms with Gasteiger partial charge in [-0.05, 0) is 38.1 Å². The molecule has 2 atom stereocenters. The van der Waals surface area contributed by atoms with E-state index in [-0.39, 0.29) is 0 Å². The molecule has 1 fully saturated rings. The molecule has 10 heavy (non-hydrogen) atoms. The highest BCUT2D eigenvalue weighted by Gasteiger charge is 2.25. The largest absolute Gasteiger partial charge is 0.316 e. The van der Waals surface area contributed by atoms with Gasteiger partial charge in [0.2, 0.25) is 0 Å². The summed E-state index contributed by atoms with van der Waals surface area (Å²) in [7, 11) is 0. The average molecular weight is 137 g/mol. The Labute approximate surface area is 62.5 Å². The minimum Gasteiger partial charge on any atom is -0.316 e. The summed E-state index contributed by atoms with van der Waals surface area (Å²) in [6.07, 6.45) is 5.18. The molecule has 1 aliphatic carbocycles. The van der Waals surface area contributed by atoms with E-state index in [1.165, 1.54) is 25.9 Å². The van der Waals surface area contributed by atoms with E-state index in [1.807, 2.05) is 0 Å². The zero-order valence-corrected chi connectivity index (χ0v) is 6.56. The van der Waals surface area contributed by atoms with Crippen molar-refractivity contribution in [1.82, 2.24) is 5.32 Å². The molecular formula is C9H15N. The van der Waals surface area contributed by atoms with Crippen molar-refractivity contribution >= 4 is 0 Å². The molecule has 0 radical (unpaired) electrons. The van der Waals surface area contributed by atoms with Gasteiger partial charge in [0.25, 0.3) is 0 Å². The van der Waals surface area contributed by atoms with E-state index in [2.05, 4.69) is 18.3 Å². The number of rotatable bonds is 0. The third-order valence-electron chi connectivity index (χ3n) is 2.86. The van der Waals surface area contributed by atoms with Crippen LogP contribution in [-0.4, -0.2) is 13.1 Å². The van der Waals surface area contributed by atoms with E-state index in [0.717, 1.165) is 11.8 Å². The molecule has 2 aliphatic rings. The Morgan fingerprint density at radius 1 is 1.50 bits per heavy atom. The molecule has 0 aromatic rings. The Kier molecular flexibility index (Phi) is 1.53. The highest BCUT2D eigenvalue weighted by Crippen LogP contribution is 2.30. The van der Waals surface area contributed by atoms with Gasteiger partial charge in [0.15, 0.2) is 0 Å². The first-order valence-corrected chi connectivity index (χ1v) is 4.23. The third-order valence-corrected chi connectivity index (χ3v) is 2.86. The third kappa shape index (κ3) is 0.988. The van der Waals surface area contributed by atoms with Gasteiger partial charge in [-0.15, -0.1) is 0 Å². The van der Waals surface area contributed by atoms with E-state index in [0.29, 0.717) is 0 Å². The summed E-state index contributed by atoms with van der Waals surface area (Å²) in [6, 6.07) is 0. The molecule has 0 saturated carbocycles. The van der Waals surface area contributed by atoms with Gasteiger partial charge in [-0.1, -0.05) is 11.6 Å². The molecule has 1 nitrogen and oxygen atoms in total. The quantitative estimate of drug-likeness (QED) is 0.500. The lowest BCUT2D eigenvalue weighted by molar-refractivity contribution is 0.299. The van der Waals surface area contributed by atoms with Crippen LogP contribution < -0.4 is 5.32 Å². The predicted octanol–water partition coefficient (Wildman–Crippen LogP) is 1.56. The van der Waals surface area contributed by atoms with Crippen molar-refractivity contribution < 1.29 is 0 Å². The van der Waals surface area contributed by atoms with Gasteiger partial charge in [0.05, 0.1) is 0 Å². The lowest BCUT2D eigenvalue weighted by Crippen LogP contribution is -2.38. The summed E-state index contributed by atoms with van der Waals surface area (Å²) in [5.74, 6) is 1.81. The molecule has 1 heteroatoms. The van der Waals surface area contributed by atoms with E-state index < -0.39 is 0 Å². The Balaban J connectivity index is 2.15. The fraction of sp³-hybridized carbons (Fsp3) is 0.778. The van der Waals surface area contributed by atoms with Crippen LogP contribution in [0.4, 0.5) is 0 Å². The van der Waals surface area contributed by atoms with Gasteiger partial charge in [0.1, 0.15) is 0 Å². The molecule has 56 valence electrons. The van der Waals surface area contributed by atoms with Crippen LogP contribution in [0, 0.1) is 11.8 Å². The molecule has 0 aromatic carbocycles. The minimum absolute atomic E-state index is 0.868. The van der Waals surface area contributed by atoms with Crippen LogP contribution in [0.25, 0.3) is 0 Å². The molecular weight excluding hydrogens is 122 g/mol. The Morgan fingerprint density at radius 3 is 3.20 bits per heavy atom. The van der Waals surface area contributed by atoms with Crippen molar-refractivity contribution in [2.45, 2.75) is 19.8 Å². The molecule has 0 spiro atoms. The van der Waals surface area contributed by atoms with Gasteiger partial charge in [-0.2, -0.15) is 0 Å². The number of hydrogen-bond acceptors (Lipinski definition) is 1. The van der Waals surface area contributed by atoms with Crippen molar-refractivity contribution in [3.05, 3.63) is 11.6 Å². The van der Waals surface area contributed by atoms with E-state index in [1.54, 1.807) is 5.57 Å². The molecule has 1 saturated heterocycles. The SMILES string of the molecule is CC1=CC[C@@H]2CNC[C@H]1C2. The fourth-order valence-electron chi connectivity index (χ4n) is 2.08. The normalized spacial score (nSPS) is 39.1. The first-order valence-electron chi connectivity index (χ1n) is 4.23. The maximum Gasteiger partial charge on any atom is 0.00170 e. The molecule has 1 N–H and O–H groups in total. The van der Waals surface area contributed by atoms with Crippen LogP contribution in [0.5, 0.6) is 0 Å². The minimum atomic E-state index is 0.868. The summed E-state index contributed by atoms with van der Waals surface area (Å²) in [5.41, 5.74) is 1.61. The van der Waals surface area contributed by atoms with Crippen LogP contribution in [0.3, 0.4) is 0 Å². The average Bonchev–Trinajstić information content (AvgIpc) is 1.99. The van der Waals surface area contributed by atoms with E-state index in [4.69, 9.17) is 0 Å². The second-order valence-electron chi connectivity index (χ2n) is 3.64. The highest BCUT2D eigenvalue weighted by molar-refractivity contribution is 5.10. The van der Waals surface area contributed by atoms with E-state index >= 15 is 0 Å². The highest BCUT2D eigenvalue weighted by atomic mass is 14.9. The van der Waals surface area contributed by atoms with Gasteiger partial charge >= 0.3 is 0 Å². The van der Waals surface area contributed by atoms with Crippen LogP contribution in [-0.2, 0) is 0 Å². The van der Waals surface area contributed by atoms with Crippen LogP contribution in [0.2, 0.25) is 0 Å². The Bertz CT molecular complexity index is 160. The topological polar surface area (TPSA) is 12.0 Å². The summed E-state index contributed by atoms with van der Waals surface area (Å²) >= 11 is 0. The van der Waals surface area contributed by atoms with Crippen molar-refractivity contribution in [2.75, 3.05) is 13.1 Å². The first kappa shape index (κ1) is 6.41. The number of nitrogens with one attached hydrogen (secondary N) is 1. The number of allylic oxidation sites excluding steroid dienone is 1. The van der Waals surface area contributed by atoms with Crippen molar-refractivity contribution in [3.63, 3.8) is 0 Å². The molecule has 2 bridgehead atoms. The molecule has 1 heterocycles. The zero-order chi connectivity index (χ0) is 6.97. The van der Waals surface area contributed by atoms with Crippen molar-refractivity contribution in [3.8, 4) is 0 Å². The molecule has 0 aromatic heterocycles. The second-order valence-corrected chi connectivity index (χ2v) is 3.64. The first-order chi connectivity index (χ1) is 4.86. The fourth-order valence-corrected chi connectivity index (χ4v) is 2.08. The molecule has 1 aliphatic heterocycles. The molecule has 0 unspecified atom stereocenters. The predicted molar refractivity (Wildman–Crippen MR) is 42.8 cm³/mol. The summed E-state index contributed by atoms with van der Waals surface area (Å²) < 4.78 is 0. The lowest BCUT2D eigenvalue weighted by Gasteiger charge is -2.34. The number of fused-ring (bicyclic) bond motifs is 2. The Morgan fingerprint density at radius 2 is 2.40 bits per heavy atom. The van der Waals surface area contributed by atoms with Gasteiger partial charge in [0, 0.05) is 6.54 Å². The molecule has 0 amide bonds. The lowest BCUT2D eigenvalue weighted by atomic mass is 9.79. The van der Waals surface area contributed by atoms with E-state index in [9.17, 15) is 0 Å². The van der Waals surface area contributed by atoms with Crippen molar-refractivity contribution in [1.29, 1.82) is 0 Å².